The van der Waals surface area contributed by atoms with Crippen LogP contribution in [0.25, 0.3) is 0 Å². The topological polar surface area (TPSA) is 49.8 Å². The standard InChI is InChI=1S/C11H21NO3/c1-4-15-10(11(13)14)7-12(3)6-9-5-8(9)2/h8-10H,4-7H2,1-3H3,(H,13,14). The second-order valence-corrected chi connectivity index (χ2v) is 4.48. The van der Waals surface area contributed by atoms with Crippen molar-refractivity contribution in [3.8, 4) is 0 Å². The van der Waals surface area contributed by atoms with E-state index in [9.17, 15) is 4.79 Å². The predicted molar refractivity (Wildman–Crippen MR) is 57.8 cm³/mol. The lowest BCUT2D eigenvalue weighted by molar-refractivity contribution is -0.151. The third-order valence-corrected chi connectivity index (χ3v) is 2.94. The van der Waals surface area contributed by atoms with E-state index in [1.807, 2.05) is 14.0 Å². The molecule has 0 aliphatic heterocycles. The first-order chi connectivity index (χ1) is 7.04. The maximum atomic E-state index is 10.8. The van der Waals surface area contributed by atoms with Gasteiger partial charge >= 0.3 is 5.97 Å². The van der Waals surface area contributed by atoms with E-state index in [2.05, 4.69) is 11.8 Å². The molecule has 0 spiro atoms. The number of ether oxygens (including phenoxy) is 1. The van der Waals surface area contributed by atoms with E-state index in [0.29, 0.717) is 13.2 Å². The SMILES string of the molecule is CCOC(CN(C)CC1CC1C)C(=O)O. The van der Waals surface area contributed by atoms with Crippen LogP contribution < -0.4 is 0 Å². The number of carboxylic acids is 1. The third kappa shape index (κ3) is 4.18. The summed E-state index contributed by atoms with van der Waals surface area (Å²) in [5.74, 6) is 0.696. The highest BCUT2D eigenvalue weighted by Gasteiger charge is 2.33. The van der Waals surface area contributed by atoms with Gasteiger partial charge in [0.1, 0.15) is 0 Å². The van der Waals surface area contributed by atoms with Crippen LogP contribution in [0, 0.1) is 11.8 Å². The molecule has 1 N–H and O–H groups in total. The summed E-state index contributed by atoms with van der Waals surface area (Å²) in [6.45, 7) is 5.96. The number of likely N-dealkylation sites (N-methyl/N-ethyl adjacent to an activating group) is 1. The molecule has 0 aromatic carbocycles. The molecule has 88 valence electrons. The zero-order valence-corrected chi connectivity index (χ0v) is 9.77. The monoisotopic (exact) mass is 215 g/mol. The number of hydrogen-bond acceptors (Lipinski definition) is 3. The first kappa shape index (κ1) is 12.5. The van der Waals surface area contributed by atoms with Crippen molar-refractivity contribution in [2.24, 2.45) is 11.8 Å². The van der Waals surface area contributed by atoms with Gasteiger partial charge in [-0.25, -0.2) is 4.79 Å². The molecule has 1 rings (SSSR count). The third-order valence-electron chi connectivity index (χ3n) is 2.94. The lowest BCUT2D eigenvalue weighted by Gasteiger charge is -2.21. The van der Waals surface area contributed by atoms with Gasteiger partial charge < -0.3 is 14.7 Å². The van der Waals surface area contributed by atoms with Gasteiger partial charge in [-0.15, -0.1) is 0 Å². The van der Waals surface area contributed by atoms with Crippen LogP contribution in [0.1, 0.15) is 20.3 Å². The zero-order chi connectivity index (χ0) is 11.4. The fourth-order valence-corrected chi connectivity index (χ4v) is 1.81. The van der Waals surface area contributed by atoms with Crippen LogP contribution in [0.2, 0.25) is 0 Å². The molecule has 1 aliphatic rings. The maximum Gasteiger partial charge on any atom is 0.334 e. The molecule has 1 saturated carbocycles. The number of carboxylic acid groups (broad SMARTS) is 1. The maximum absolute atomic E-state index is 10.8. The molecule has 0 aromatic heterocycles. The Labute approximate surface area is 91.2 Å². The highest BCUT2D eigenvalue weighted by Crippen LogP contribution is 2.37. The highest BCUT2D eigenvalue weighted by atomic mass is 16.5. The fourth-order valence-electron chi connectivity index (χ4n) is 1.81. The molecule has 0 bridgehead atoms. The minimum absolute atomic E-state index is 0.449. The minimum atomic E-state index is -0.868. The fraction of sp³-hybridized carbons (Fsp3) is 0.909. The van der Waals surface area contributed by atoms with Crippen LogP contribution in [0.5, 0.6) is 0 Å². The largest absolute Gasteiger partial charge is 0.479 e. The Hall–Kier alpha value is -0.610. The molecule has 1 aliphatic carbocycles. The molecular weight excluding hydrogens is 194 g/mol. The van der Waals surface area contributed by atoms with Gasteiger partial charge in [-0.1, -0.05) is 6.92 Å². The van der Waals surface area contributed by atoms with Crippen LogP contribution in [-0.2, 0) is 9.53 Å². The first-order valence-electron chi connectivity index (χ1n) is 5.57. The van der Waals surface area contributed by atoms with Crippen molar-refractivity contribution in [2.75, 3.05) is 26.7 Å². The molecule has 4 heteroatoms. The Balaban J connectivity index is 2.26. The van der Waals surface area contributed by atoms with Crippen LogP contribution in [0.15, 0.2) is 0 Å². The van der Waals surface area contributed by atoms with Gasteiger partial charge in [-0.2, -0.15) is 0 Å². The summed E-state index contributed by atoms with van der Waals surface area (Å²) >= 11 is 0. The van der Waals surface area contributed by atoms with Crippen LogP contribution in [0.3, 0.4) is 0 Å². The van der Waals surface area contributed by atoms with E-state index < -0.39 is 12.1 Å². The van der Waals surface area contributed by atoms with E-state index in [1.165, 1.54) is 6.42 Å². The molecule has 4 nitrogen and oxygen atoms in total. The minimum Gasteiger partial charge on any atom is -0.479 e. The van der Waals surface area contributed by atoms with Gasteiger partial charge in [0.25, 0.3) is 0 Å². The van der Waals surface area contributed by atoms with Crippen molar-refractivity contribution in [1.82, 2.24) is 4.90 Å². The molecule has 1 fully saturated rings. The summed E-state index contributed by atoms with van der Waals surface area (Å²) < 4.78 is 5.16. The van der Waals surface area contributed by atoms with E-state index in [1.54, 1.807) is 0 Å². The average molecular weight is 215 g/mol. The summed E-state index contributed by atoms with van der Waals surface area (Å²) in [5, 5.41) is 8.90. The Bertz CT molecular complexity index is 220. The van der Waals surface area contributed by atoms with E-state index >= 15 is 0 Å². The van der Waals surface area contributed by atoms with Crippen molar-refractivity contribution in [1.29, 1.82) is 0 Å². The molecule has 0 saturated heterocycles. The Morgan fingerprint density at radius 1 is 1.67 bits per heavy atom. The normalized spacial score (nSPS) is 26.7. The molecule has 15 heavy (non-hydrogen) atoms. The average Bonchev–Trinajstić information content (AvgIpc) is 2.80. The Kier molecular flexibility index (Phi) is 4.54. The van der Waals surface area contributed by atoms with Crippen molar-refractivity contribution < 1.29 is 14.6 Å². The van der Waals surface area contributed by atoms with Gasteiger partial charge in [0.15, 0.2) is 6.10 Å². The molecule has 0 aromatic rings. The predicted octanol–water partition coefficient (Wildman–Crippen LogP) is 1.06. The van der Waals surface area contributed by atoms with E-state index in [0.717, 1.165) is 18.4 Å². The Morgan fingerprint density at radius 2 is 2.27 bits per heavy atom. The van der Waals surface area contributed by atoms with Gasteiger partial charge in [-0.3, -0.25) is 0 Å². The summed E-state index contributed by atoms with van der Waals surface area (Å²) in [5.41, 5.74) is 0. The van der Waals surface area contributed by atoms with Crippen molar-refractivity contribution in [2.45, 2.75) is 26.4 Å². The van der Waals surface area contributed by atoms with Crippen LogP contribution in [-0.4, -0.2) is 48.8 Å². The van der Waals surface area contributed by atoms with Crippen LogP contribution in [0.4, 0.5) is 0 Å². The van der Waals surface area contributed by atoms with E-state index in [4.69, 9.17) is 9.84 Å². The lowest BCUT2D eigenvalue weighted by atomic mass is 10.3. The highest BCUT2D eigenvalue weighted by molar-refractivity contribution is 5.72. The number of carbonyl (C=O) groups is 1. The van der Waals surface area contributed by atoms with Gasteiger partial charge in [-0.05, 0) is 32.2 Å². The quantitative estimate of drug-likeness (QED) is 0.690. The summed E-state index contributed by atoms with van der Waals surface area (Å²) in [7, 11) is 1.96. The number of aliphatic carboxylic acids is 1. The number of nitrogens with zero attached hydrogens (tertiary/aromatic N) is 1. The van der Waals surface area contributed by atoms with Crippen LogP contribution >= 0.6 is 0 Å². The van der Waals surface area contributed by atoms with Gasteiger partial charge in [0.2, 0.25) is 0 Å². The molecule has 0 radical (unpaired) electrons. The number of rotatable bonds is 7. The first-order valence-corrected chi connectivity index (χ1v) is 5.57. The van der Waals surface area contributed by atoms with Crippen molar-refractivity contribution in [3.63, 3.8) is 0 Å². The molecular formula is C11H21NO3. The Morgan fingerprint density at radius 3 is 2.67 bits per heavy atom. The second-order valence-electron chi connectivity index (χ2n) is 4.48. The smallest absolute Gasteiger partial charge is 0.334 e. The molecule has 0 heterocycles. The molecule has 0 amide bonds. The zero-order valence-electron chi connectivity index (χ0n) is 9.77. The summed E-state index contributed by atoms with van der Waals surface area (Å²) in [4.78, 5) is 12.9. The lowest BCUT2D eigenvalue weighted by Crippen LogP contribution is -2.37. The van der Waals surface area contributed by atoms with Crippen molar-refractivity contribution >= 4 is 5.97 Å². The summed E-state index contributed by atoms with van der Waals surface area (Å²) in [6, 6.07) is 0. The molecule has 3 unspecified atom stereocenters. The van der Waals surface area contributed by atoms with Crippen molar-refractivity contribution in [3.05, 3.63) is 0 Å². The van der Waals surface area contributed by atoms with Gasteiger partial charge in [0.05, 0.1) is 0 Å². The number of hydrogen-bond donors (Lipinski definition) is 1. The second kappa shape index (κ2) is 5.47. The summed E-state index contributed by atoms with van der Waals surface area (Å²) in [6.07, 6.45) is 0.588. The van der Waals surface area contributed by atoms with Gasteiger partial charge in [0, 0.05) is 19.7 Å². The molecule has 3 atom stereocenters. The van der Waals surface area contributed by atoms with E-state index in [-0.39, 0.29) is 0 Å².